The van der Waals surface area contributed by atoms with Crippen LogP contribution in [0, 0.1) is 6.92 Å². The van der Waals surface area contributed by atoms with E-state index in [1.54, 1.807) is 16.9 Å². The Morgan fingerprint density at radius 2 is 2.14 bits per heavy atom. The third-order valence-corrected chi connectivity index (χ3v) is 2.91. The predicted molar refractivity (Wildman–Crippen MR) is 76.8 cm³/mol. The SMILES string of the molecule is Cc1cc(NC(=O)c2cn(Cc3ccccc3)nn2)n[nH]1. The lowest BCUT2D eigenvalue weighted by Gasteiger charge is -1.99. The Labute approximate surface area is 121 Å². The molecule has 21 heavy (non-hydrogen) atoms. The number of aromatic amines is 1. The van der Waals surface area contributed by atoms with Gasteiger partial charge in [0.15, 0.2) is 11.5 Å². The molecule has 106 valence electrons. The molecule has 0 saturated heterocycles. The molecular formula is C14H14N6O. The molecule has 7 nitrogen and oxygen atoms in total. The average molecular weight is 282 g/mol. The smallest absolute Gasteiger partial charge is 0.279 e. The molecule has 0 unspecified atom stereocenters. The van der Waals surface area contributed by atoms with E-state index in [2.05, 4.69) is 25.8 Å². The van der Waals surface area contributed by atoms with Crippen LogP contribution < -0.4 is 5.32 Å². The van der Waals surface area contributed by atoms with Gasteiger partial charge in [-0.3, -0.25) is 9.89 Å². The van der Waals surface area contributed by atoms with Crippen LogP contribution in [0.3, 0.4) is 0 Å². The highest BCUT2D eigenvalue weighted by molar-refractivity contribution is 6.02. The van der Waals surface area contributed by atoms with Crippen LogP contribution in [0.25, 0.3) is 0 Å². The van der Waals surface area contributed by atoms with Gasteiger partial charge in [0.2, 0.25) is 0 Å². The molecule has 0 spiro atoms. The normalized spacial score (nSPS) is 10.5. The Bertz CT molecular complexity index is 746. The lowest BCUT2D eigenvalue weighted by atomic mass is 10.2. The van der Waals surface area contributed by atoms with Gasteiger partial charge < -0.3 is 5.32 Å². The molecule has 3 aromatic rings. The minimum Gasteiger partial charge on any atom is -0.304 e. The standard InChI is InChI=1S/C14H14N6O/c1-10-7-13(18-16-10)15-14(21)12-9-20(19-17-12)8-11-5-3-2-4-6-11/h2-7,9H,8H2,1H3,(H2,15,16,18,21). The highest BCUT2D eigenvalue weighted by Gasteiger charge is 2.12. The maximum absolute atomic E-state index is 12.0. The molecular weight excluding hydrogens is 268 g/mol. The van der Waals surface area contributed by atoms with Crippen molar-refractivity contribution >= 4 is 11.7 Å². The zero-order chi connectivity index (χ0) is 14.7. The number of H-pyrrole nitrogens is 1. The summed E-state index contributed by atoms with van der Waals surface area (Å²) in [5, 5.41) is 17.2. The number of aromatic nitrogens is 5. The van der Waals surface area contributed by atoms with Crippen LogP contribution >= 0.6 is 0 Å². The summed E-state index contributed by atoms with van der Waals surface area (Å²) < 4.78 is 1.63. The average Bonchev–Trinajstić information content (AvgIpc) is 3.09. The third kappa shape index (κ3) is 3.14. The predicted octanol–water partition coefficient (Wildman–Crippen LogP) is 1.61. The maximum atomic E-state index is 12.0. The van der Waals surface area contributed by atoms with Gasteiger partial charge in [-0.15, -0.1) is 5.10 Å². The number of amides is 1. The first kappa shape index (κ1) is 13.0. The molecule has 0 atom stereocenters. The fourth-order valence-corrected chi connectivity index (χ4v) is 1.91. The van der Waals surface area contributed by atoms with E-state index in [0.29, 0.717) is 12.4 Å². The zero-order valence-electron chi connectivity index (χ0n) is 11.4. The van der Waals surface area contributed by atoms with Crippen molar-refractivity contribution in [2.75, 3.05) is 5.32 Å². The van der Waals surface area contributed by atoms with E-state index in [0.717, 1.165) is 11.3 Å². The molecule has 0 aliphatic heterocycles. The number of hydrogen-bond acceptors (Lipinski definition) is 4. The second-order valence-electron chi connectivity index (χ2n) is 4.68. The number of nitrogens with zero attached hydrogens (tertiary/aromatic N) is 4. The summed E-state index contributed by atoms with van der Waals surface area (Å²) in [5.74, 6) is 0.135. The topological polar surface area (TPSA) is 88.5 Å². The molecule has 3 rings (SSSR count). The van der Waals surface area contributed by atoms with Gasteiger partial charge >= 0.3 is 0 Å². The molecule has 0 fully saturated rings. The third-order valence-electron chi connectivity index (χ3n) is 2.91. The number of rotatable bonds is 4. The number of carbonyl (C=O) groups excluding carboxylic acids is 1. The van der Waals surface area contributed by atoms with E-state index < -0.39 is 0 Å². The molecule has 0 aliphatic rings. The highest BCUT2D eigenvalue weighted by Crippen LogP contribution is 2.07. The van der Waals surface area contributed by atoms with Gasteiger partial charge in [-0.25, -0.2) is 4.68 Å². The van der Waals surface area contributed by atoms with Crippen molar-refractivity contribution in [1.82, 2.24) is 25.2 Å². The van der Waals surface area contributed by atoms with Crippen LogP contribution in [0.15, 0.2) is 42.6 Å². The van der Waals surface area contributed by atoms with E-state index in [1.807, 2.05) is 37.3 Å². The van der Waals surface area contributed by atoms with Gasteiger partial charge in [-0.2, -0.15) is 5.10 Å². The number of carbonyl (C=O) groups is 1. The highest BCUT2D eigenvalue weighted by atomic mass is 16.2. The number of benzene rings is 1. The maximum Gasteiger partial charge on any atom is 0.279 e. The summed E-state index contributed by atoms with van der Waals surface area (Å²) in [6, 6.07) is 11.6. The van der Waals surface area contributed by atoms with Gasteiger partial charge in [0.1, 0.15) is 0 Å². The molecule has 2 aromatic heterocycles. The monoisotopic (exact) mass is 282 g/mol. The van der Waals surface area contributed by atoms with Crippen LogP contribution in [0.5, 0.6) is 0 Å². The van der Waals surface area contributed by atoms with Crippen LogP contribution in [0.1, 0.15) is 21.7 Å². The molecule has 0 saturated carbocycles. The quantitative estimate of drug-likeness (QED) is 0.761. The second kappa shape index (κ2) is 5.58. The largest absolute Gasteiger partial charge is 0.304 e. The number of nitrogens with one attached hydrogen (secondary N) is 2. The summed E-state index contributed by atoms with van der Waals surface area (Å²) >= 11 is 0. The summed E-state index contributed by atoms with van der Waals surface area (Å²) in [6.07, 6.45) is 1.61. The first-order valence-corrected chi connectivity index (χ1v) is 6.48. The van der Waals surface area contributed by atoms with E-state index in [4.69, 9.17) is 0 Å². The Kier molecular flexibility index (Phi) is 3.46. The molecule has 0 aliphatic carbocycles. The first-order chi connectivity index (χ1) is 10.2. The van der Waals surface area contributed by atoms with Crippen LogP contribution in [-0.4, -0.2) is 31.1 Å². The summed E-state index contributed by atoms with van der Waals surface area (Å²) in [5.41, 5.74) is 2.22. The van der Waals surface area contributed by atoms with Gasteiger partial charge in [0.25, 0.3) is 5.91 Å². The molecule has 0 bridgehead atoms. The summed E-state index contributed by atoms with van der Waals surface area (Å²) in [4.78, 5) is 12.0. The minimum atomic E-state index is -0.333. The van der Waals surface area contributed by atoms with Crippen LogP contribution in [0.2, 0.25) is 0 Å². The lowest BCUT2D eigenvalue weighted by molar-refractivity contribution is 0.102. The number of aryl methyl sites for hydroxylation is 1. The van der Waals surface area contributed by atoms with E-state index in [1.165, 1.54) is 0 Å². The fourth-order valence-electron chi connectivity index (χ4n) is 1.91. The Hall–Kier alpha value is -2.96. The number of anilines is 1. The lowest BCUT2D eigenvalue weighted by Crippen LogP contribution is -2.12. The molecule has 1 amide bonds. The zero-order valence-corrected chi connectivity index (χ0v) is 11.4. The van der Waals surface area contributed by atoms with Gasteiger partial charge in [-0.1, -0.05) is 35.5 Å². The second-order valence-corrected chi connectivity index (χ2v) is 4.68. The fraction of sp³-hybridized carbons (Fsp3) is 0.143. The first-order valence-electron chi connectivity index (χ1n) is 6.48. The van der Waals surface area contributed by atoms with Crippen molar-refractivity contribution in [3.63, 3.8) is 0 Å². The van der Waals surface area contributed by atoms with E-state index >= 15 is 0 Å². The van der Waals surface area contributed by atoms with E-state index in [9.17, 15) is 4.79 Å². The van der Waals surface area contributed by atoms with E-state index in [-0.39, 0.29) is 11.6 Å². The van der Waals surface area contributed by atoms with Crippen LogP contribution in [-0.2, 0) is 6.54 Å². The van der Waals surface area contributed by atoms with Crippen molar-refractivity contribution in [3.8, 4) is 0 Å². The summed E-state index contributed by atoms with van der Waals surface area (Å²) in [7, 11) is 0. The molecule has 2 N–H and O–H groups in total. The molecule has 0 radical (unpaired) electrons. The van der Waals surface area contributed by atoms with Crippen molar-refractivity contribution in [3.05, 3.63) is 59.5 Å². The summed E-state index contributed by atoms with van der Waals surface area (Å²) in [6.45, 7) is 2.43. The van der Waals surface area contributed by atoms with Crippen molar-refractivity contribution in [1.29, 1.82) is 0 Å². The van der Waals surface area contributed by atoms with Gasteiger partial charge in [0.05, 0.1) is 12.7 Å². The van der Waals surface area contributed by atoms with Gasteiger partial charge in [0, 0.05) is 11.8 Å². The minimum absolute atomic E-state index is 0.256. The van der Waals surface area contributed by atoms with Crippen molar-refractivity contribution < 1.29 is 4.79 Å². The Morgan fingerprint density at radius 3 is 2.86 bits per heavy atom. The van der Waals surface area contributed by atoms with Crippen molar-refractivity contribution in [2.45, 2.75) is 13.5 Å². The van der Waals surface area contributed by atoms with Gasteiger partial charge in [-0.05, 0) is 12.5 Å². The number of hydrogen-bond donors (Lipinski definition) is 2. The molecule has 7 heteroatoms. The molecule has 2 heterocycles. The molecule has 1 aromatic carbocycles. The van der Waals surface area contributed by atoms with Crippen molar-refractivity contribution in [2.24, 2.45) is 0 Å². The Morgan fingerprint density at radius 1 is 1.33 bits per heavy atom. The Balaban J connectivity index is 1.68. The van der Waals surface area contributed by atoms with Crippen LogP contribution in [0.4, 0.5) is 5.82 Å².